The van der Waals surface area contributed by atoms with E-state index in [-0.39, 0.29) is 23.6 Å². The van der Waals surface area contributed by atoms with E-state index in [1.54, 1.807) is 4.90 Å². The van der Waals surface area contributed by atoms with Crippen molar-refractivity contribution in [2.45, 2.75) is 69.5 Å². The predicted octanol–water partition coefficient (Wildman–Crippen LogP) is 5.61. The Morgan fingerprint density at radius 3 is 2.35 bits per heavy atom. The van der Waals surface area contributed by atoms with Gasteiger partial charge in [-0.25, -0.2) is 0 Å². The molecule has 1 saturated carbocycles. The molecule has 0 aromatic heterocycles. The third kappa shape index (κ3) is 7.01. The summed E-state index contributed by atoms with van der Waals surface area (Å²) < 4.78 is 0. The van der Waals surface area contributed by atoms with Gasteiger partial charge >= 0.3 is 0 Å². The van der Waals surface area contributed by atoms with Gasteiger partial charge in [0.05, 0.1) is 5.75 Å². The second-order valence-electron chi connectivity index (χ2n) is 8.16. The second-order valence-corrected chi connectivity index (χ2v) is 9.65. The Balaban J connectivity index is 1.74. The van der Waals surface area contributed by atoms with Crippen LogP contribution in [0.5, 0.6) is 0 Å². The lowest BCUT2D eigenvalue weighted by atomic mass is 10.1. The SMILES string of the molecule is CCC(C(=O)NC1CCCC1)N(Cc1ccc(C)cc1)C(=O)CSc1ccc(Cl)cc1. The van der Waals surface area contributed by atoms with Crippen LogP contribution in [0.4, 0.5) is 0 Å². The number of rotatable bonds is 9. The summed E-state index contributed by atoms with van der Waals surface area (Å²) in [6, 6.07) is 15.4. The number of aryl methyl sites for hydroxylation is 1. The Hall–Kier alpha value is -1.98. The topological polar surface area (TPSA) is 49.4 Å². The number of benzene rings is 2. The van der Waals surface area contributed by atoms with Crippen molar-refractivity contribution < 1.29 is 9.59 Å². The molecule has 0 heterocycles. The first kappa shape index (κ1) is 23.7. The summed E-state index contributed by atoms with van der Waals surface area (Å²) in [4.78, 5) is 29.1. The Kier molecular flexibility index (Phi) is 8.85. The molecule has 0 spiro atoms. The van der Waals surface area contributed by atoms with Crippen LogP contribution in [0.3, 0.4) is 0 Å². The maximum absolute atomic E-state index is 13.3. The van der Waals surface area contributed by atoms with E-state index < -0.39 is 6.04 Å². The molecular formula is C25H31ClN2O2S. The summed E-state index contributed by atoms with van der Waals surface area (Å²) in [7, 11) is 0. The lowest BCUT2D eigenvalue weighted by Crippen LogP contribution is -2.51. The summed E-state index contributed by atoms with van der Waals surface area (Å²) in [5.74, 6) is 0.209. The quantitative estimate of drug-likeness (QED) is 0.497. The highest BCUT2D eigenvalue weighted by Crippen LogP contribution is 2.23. The van der Waals surface area contributed by atoms with E-state index in [0.29, 0.717) is 18.0 Å². The Bertz CT molecular complexity index is 864. The van der Waals surface area contributed by atoms with Gasteiger partial charge in [0.25, 0.3) is 0 Å². The number of carbonyl (C=O) groups excluding carboxylic acids is 2. The van der Waals surface area contributed by atoms with Crippen LogP contribution >= 0.6 is 23.4 Å². The summed E-state index contributed by atoms with van der Waals surface area (Å²) in [6.45, 7) is 4.44. The first-order valence-corrected chi connectivity index (χ1v) is 12.4. The van der Waals surface area contributed by atoms with Crippen LogP contribution in [0.2, 0.25) is 5.02 Å². The molecule has 1 aliphatic rings. The van der Waals surface area contributed by atoms with Crippen LogP contribution in [-0.4, -0.2) is 34.6 Å². The van der Waals surface area contributed by atoms with Gasteiger partial charge in [-0.2, -0.15) is 0 Å². The van der Waals surface area contributed by atoms with Crippen LogP contribution in [-0.2, 0) is 16.1 Å². The Labute approximate surface area is 194 Å². The van der Waals surface area contributed by atoms with Gasteiger partial charge in [0.1, 0.15) is 6.04 Å². The number of nitrogens with zero attached hydrogens (tertiary/aromatic N) is 1. The number of hydrogen-bond acceptors (Lipinski definition) is 3. The minimum absolute atomic E-state index is 0.0334. The number of hydrogen-bond donors (Lipinski definition) is 1. The van der Waals surface area contributed by atoms with Crippen molar-refractivity contribution in [1.29, 1.82) is 0 Å². The molecule has 166 valence electrons. The molecule has 1 atom stereocenters. The molecule has 0 aliphatic heterocycles. The Morgan fingerprint density at radius 2 is 1.74 bits per heavy atom. The highest BCUT2D eigenvalue weighted by atomic mass is 35.5. The van der Waals surface area contributed by atoms with Gasteiger partial charge in [0, 0.05) is 22.5 Å². The van der Waals surface area contributed by atoms with E-state index in [9.17, 15) is 9.59 Å². The third-order valence-electron chi connectivity index (χ3n) is 5.74. The Morgan fingerprint density at radius 1 is 1.10 bits per heavy atom. The summed E-state index contributed by atoms with van der Waals surface area (Å²) in [5, 5.41) is 3.86. The maximum Gasteiger partial charge on any atom is 0.243 e. The van der Waals surface area contributed by atoms with Gasteiger partial charge in [0.2, 0.25) is 11.8 Å². The zero-order valence-corrected chi connectivity index (χ0v) is 19.8. The lowest BCUT2D eigenvalue weighted by Gasteiger charge is -2.31. The average Bonchev–Trinajstić information content (AvgIpc) is 3.27. The fourth-order valence-electron chi connectivity index (χ4n) is 3.94. The van der Waals surface area contributed by atoms with Gasteiger partial charge in [-0.05, 0) is 56.0 Å². The number of halogens is 1. The smallest absolute Gasteiger partial charge is 0.243 e. The molecule has 31 heavy (non-hydrogen) atoms. The van der Waals surface area contributed by atoms with Crippen molar-refractivity contribution >= 4 is 35.2 Å². The maximum atomic E-state index is 13.3. The van der Waals surface area contributed by atoms with Crippen molar-refractivity contribution in [1.82, 2.24) is 10.2 Å². The summed E-state index contributed by atoms with van der Waals surface area (Å²) in [6.07, 6.45) is 4.96. The fourth-order valence-corrected chi connectivity index (χ4v) is 4.85. The molecule has 0 radical (unpaired) electrons. The van der Waals surface area contributed by atoms with Crippen LogP contribution in [0, 0.1) is 6.92 Å². The van der Waals surface area contributed by atoms with E-state index in [4.69, 9.17) is 11.6 Å². The standard InChI is InChI=1S/C25H31ClN2O2S/c1-3-23(25(30)27-21-6-4-5-7-21)28(16-19-10-8-18(2)9-11-19)24(29)17-31-22-14-12-20(26)13-15-22/h8-15,21,23H,3-7,16-17H2,1-2H3,(H,27,30). The molecule has 2 amide bonds. The zero-order valence-electron chi connectivity index (χ0n) is 18.3. The van der Waals surface area contributed by atoms with Crippen LogP contribution in [0.15, 0.2) is 53.4 Å². The molecule has 2 aromatic carbocycles. The van der Waals surface area contributed by atoms with E-state index in [1.165, 1.54) is 17.3 Å². The first-order chi connectivity index (χ1) is 15.0. The normalized spacial score (nSPS) is 14.9. The predicted molar refractivity (Wildman–Crippen MR) is 128 cm³/mol. The highest BCUT2D eigenvalue weighted by Gasteiger charge is 2.30. The monoisotopic (exact) mass is 458 g/mol. The molecule has 3 rings (SSSR count). The first-order valence-electron chi connectivity index (χ1n) is 11.0. The molecule has 1 N–H and O–H groups in total. The highest BCUT2D eigenvalue weighted by molar-refractivity contribution is 8.00. The minimum atomic E-state index is -0.472. The molecular weight excluding hydrogens is 428 g/mol. The van der Waals surface area contributed by atoms with E-state index in [2.05, 4.69) is 5.32 Å². The molecule has 4 nitrogen and oxygen atoms in total. The average molecular weight is 459 g/mol. The zero-order chi connectivity index (χ0) is 22.2. The largest absolute Gasteiger partial charge is 0.352 e. The summed E-state index contributed by atoms with van der Waals surface area (Å²) >= 11 is 7.43. The van der Waals surface area contributed by atoms with Gasteiger partial charge in [-0.3, -0.25) is 9.59 Å². The van der Waals surface area contributed by atoms with Gasteiger partial charge < -0.3 is 10.2 Å². The fraction of sp³-hybridized carbons (Fsp3) is 0.440. The van der Waals surface area contributed by atoms with Gasteiger partial charge in [0.15, 0.2) is 0 Å². The third-order valence-corrected chi connectivity index (χ3v) is 6.99. The number of thioether (sulfide) groups is 1. The molecule has 0 saturated heterocycles. The molecule has 0 bridgehead atoms. The summed E-state index contributed by atoms with van der Waals surface area (Å²) in [5.41, 5.74) is 2.20. The molecule has 2 aromatic rings. The number of nitrogens with one attached hydrogen (secondary N) is 1. The minimum Gasteiger partial charge on any atom is -0.352 e. The van der Waals surface area contributed by atoms with Crippen LogP contribution < -0.4 is 5.32 Å². The van der Waals surface area contributed by atoms with E-state index in [0.717, 1.165) is 36.1 Å². The van der Waals surface area contributed by atoms with Gasteiger partial charge in [-0.1, -0.05) is 61.2 Å². The number of amides is 2. The van der Waals surface area contributed by atoms with Crippen molar-refractivity contribution in [2.75, 3.05) is 5.75 Å². The van der Waals surface area contributed by atoms with Crippen molar-refractivity contribution in [2.24, 2.45) is 0 Å². The molecule has 1 fully saturated rings. The molecule has 6 heteroatoms. The lowest BCUT2D eigenvalue weighted by molar-refractivity contribution is -0.139. The van der Waals surface area contributed by atoms with E-state index in [1.807, 2.05) is 62.4 Å². The van der Waals surface area contributed by atoms with Gasteiger partial charge in [-0.15, -0.1) is 11.8 Å². The second kappa shape index (κ2) is 11.6. The van der Waals surface area contributed by atoms with E-state index >= 15 is 0 Å². The van der Waals surface area contributed by atoms with Crippen LogP contribution in [0.25, 0.3) is 0 Å². The number of carbonyl (C=O) groups is 2. The molecule has 1 aliphatic carbocycles. The van der Waals surface area contributed by atoms with Crippen molar-refractivity contribution in [3.8, 4) is 0 Å². The van der Waals surface area contributed by atoms with Crippen molar-refractivity contribution in [3.05, 3.63) is 64.7 Å². The van der Waals surface area contributed by atoms with Crippen molar-refractivity contribution in [3.63, 3.8) is 0 Å². The molecule has 1 unspecified atom stereocenters. The van der Waals surface area contributed by atoms with Crippen LogP contribution in [0.1, 0.15) is 50.2 Å².